The fourth-order valence-corrected chi connectivity index (χ4v) is 2.44. The predicted octanol–water partition coefficient (Wildman–Crippen LogP) is 3.71. The molecule has 0 aliphatic carbocycles. The van der Waals surface area contributed by atoms with E-state index in [-0.39, 0.29) is 0 Å². The van der Waals surface area contributed by atoms with E-state index in [4.69, 9.17) is 0 Å². The van der Waals surface area contributed by atoms with E-state index >= 15 is 0 Å². The minimum atomic E-state index is 1.09. The molecule has 16 heavy (non-hydrogen) atoms. The molecule has 1 saturated heterocycles. The van der Waals surface area contributed by atoms with Gasteiger partial charge in [-0.05, 0) is 31.2 Å². The summed E-state index contributed by atoms with van der Waals surface area (Å²) >= 11 is 0. The largest absolute Gasteiger partial charge is 0.372 e. The van der Waals surface area contributed by atoms with Crippen LogP contribution in [0.5, 0.6) is 0 Å². The van der Waals surface area contributed by atoms with Crippen LogP contribution in [0.3, 0.4) is 0 Å². The van der Waals surface area contributed by atoms with Crippen LogP contribution in [0.25, 0.3) is 5.70 Å². The summed E-state index contributed by atoms with van der Waals surface area (Å²) in [5.74, 6) is 0. The highest BCUT2D eigenvalue weighted by Crippen LogP contribution is 2.24. The molecule has 1 aliphatic rings. The first-order chi connectivity index (χ1) is 7.83. The van der Waals surface area contributed by atoms with E-state index in [2.05, 4.69) is 42.7 Å². The van der Waals surface area contributed by atoms with Crippen molar-refractivity contribution in [2.45, 2.75) is 32.6 Å². The molecule has 86 valence electrons. The summed E-state index contributed by atoms with van der Waals surface area (Å²) in [6.07, 6.45) is 5.09. The Kier molecular flexibility index (Phi) is 3.66. The Bertz CT molecular complexity index is 361. The highest BCUT2D eigenvalue weighted by Gasteiger charge is 2.14. The number of nitrogens with zero attached hydrogens (tertiary/aromatic N) is 1. The van der Waals surface area contributed by atoms with Crippen LogP contribution in [0.1, 0.15) is 37.3 Å². The van der Waals surface area contributed by atoms with Crippen molar-refractivity contribution in [3.8, 4) is 0 Å². The molecule has 1 aromatic carbocycles. The van der Waals surface area contributed by atoms with Crippen LogP contribution in [0, 0.1) is 0 Å². The van der Waals surface area contributed by atoms with Gasteiger partial charge in [0.2, 0.25) is 0 Å². The minimum absolute atomic E-state index is 1.09. The molecule has 1 aliphatic heterocycles. The fraction of sp³-hybridized carbons (Fsp3) is 0.467. The van der Waals surface area contributed by atoms with Gasteiger partial charge in [0.1, 0.15) is 0 Å². The first-order valence-corrected chi connectivity index (χ1v) is 6.35. The maximum atomic E-state index is 4.28. The number of piperidine rings is 1. The molecule has 0 saturated carbocycles. The van der Waals surface area contributed by atoms with Crippen LogP contribution in [-0.2, 0) is 6.42 Å². The second-order valence-corrected chi connectivity index (χ2v) is 4.51. The Morgan fingerprint density at radius 2 is 1.88 bits per heavy atom. The summed E-state index contributed by atoms with van der Waals surface area (Å²) in [6.45, 7) is 8.85. The summed E-state index contributed by atoms with van der Waals surface area (Å²) in [4.78, 5) is 2.44. The van der Waals surface area contributed by atoms with Crippen LogP contribution in [0.2, 0.25) is 0 Å². The van der Waals surface area contributed by atoms with Gasteiger partial charge in [-0.15, -0.1) is 0 Å². The minimum Gasteiger partial charge on any atom is -0.372 e. The van der Waals surface area contributed by atoms with Gasteiger partial charge < -0.3 is 4.90 Å². The van der Waals surface area contributed by atoms with Gasteiger partial charge in [-0.2, -0.15) is 0 Å². The van der Waals surface area contributed by atoms with Gasteiger partial charge >= 0.3 is 0 Å². The number of hydrogen-bond acceptors (Lipinski definition) is 1. The highest BCUT2D eigenvalue weighted by atomic mass is 15.1. The zero-order chi connectivity index (χ0) is 11.4. The van der Waals surface area contributed by atoms with Crippen molar-refractivity contribution < 1.29 is 0 Å². The number of rotatable bonds is 3. The van der Waals surface area contributed by atoms with Gasteiger partial charge in [0.25, 0.3) is 0 Å². The van der Waals surface area contributed by atoms with Crippen molar-refractivity contribution in [2.75, 3.05) is 13.1 Å². The van der Waals surface area contributed by atoms with Crippen LogP contribution < -0.4 is 0 Å². The summed E-state index contributed by atoms with van der Waals surface area (Å²) < 4.78 is 0. The van der Waals surface area contributed by atoms with E-state index in [1.54, 1.807) is 0 Å². The molecule has 0 unspecified atom stereocenters. The average molecular weight is 215 g/mol. The zero-order valence-electron chi connectivity index (χ0n) is 10.2. The van der Waals surface area contributed by atoms with E-state index in [9.17, 15) is 0 Å². The summed E-state index contributed by atoms with van der Waals surface area (Å²) in [6, 6.07) is 8.65. The fourth-order valence-electron chi connectivity index (χ4n) is 2.44. The third-order valence-corrected chi connectivity index (χ3v) is 3.45. The second kappa shape index (κ2) is 5.20. The topological polar surface area (TPSA) is 3.24 Å². The van der Waals surface area contributed by atoms with E-state index in [0.717, 1.165) is 6.42 Å². The van der Waals surface area contributed by atoms with Gasteiger partial charge in [-0.3, -0.25) is 0 Å². The molecule has 1 aromatic rings. The highest BCUT2D eigenvalue weighted by molar-refractivity contribution is 5.65. The third-order valence-electron chi connectivity index (χ3n) is 3.45. The maximum Gasteiger partial charge on any atom is 0.0369 e. The van der Waals surface area contributed by atoms with Crippen molar-refractivity contribution in [1.82, 2.24) is 4.90 Å². The van der Waals surface area contributed by atoms with Crippen molar-refractivity contribution in [3.63, 3.8) is 0 Å². The smallest absolute Gasteiger partial charge is 0.0369 e. The molecule has 0 radical (unpaired) electrons. The molecule has 1 fully saturated rings. The number of hydrogen-bond donors (Lipinski definition) is 0. The van der Waals surface area contributed by atoms with Crippen LogP contribution in [0.4, 0.5) is 0 Å². The number of benzene rings is 1. The zero-order valence-corrected chi connectivity index (χ0v) is 10.2. The lowest BCUT2D eigenvalue weighted by Crippen LogP contribution is -2.28. The first-order valence-electron chi connectivity index (χ1n) is 6.35. The molecule has 2 rings (SSSR count). The third kappa shape index (κ3) is 2.29. The van der Waals surface area contributed by atoms with E-state index in [0.29, 0.717) is 0 Å². The quantitative estimate of drug-likeness (QED) is 0.743. The summed E-state index contributed by atoms with van der Waals surface area (Å²) in [7, 11) is 0. The molecule has 0 atom stereocenters. The SMILES string of the molecule is C=C(c1ccccc1CC)N1CCCCC1. The number of likely N-dealkylation sites (tertiary alicyclic amines) is 1. The molecule has 1 heteroatoms. The molecular weight excluding hydrogens is 194 g/mol. The van der Waals surface area contributed by atoms with Crippen LogP contribution in [0.15, 0.2) is 30.8 Å². The predicted molar refractivity (Wildman–Crippen MR) is 70.3 cm³/mol. The average Bonchev–Trinajstić information content (AvgIpc) is 2.39. The summed E-state index contributed by atoms with van der Waals surface area (Å²) in [5.41, 5.74) is 3.97. The van der Waals surface area contributed by atoms with Crippen LogP contribution >= 0.6 is 0 Å². The lowest BCUT2D eigenvalue weighted by atomic mass is 10.0. The standard InChI is InChI=1S/C15H21N/c1-3-14-9-5-6-10-15(14)13(2)16-11-7-4-8-12-16/h5-6,9-10H,2-4,7-8,11-12H2,1H3. The van der Waals surface area contributed by atoms with Crippen molar-refractivity contribution in [3.05, 3.63) is 42.0 Å². The molecule has 0 bridgehead atoms. The normalized spacial score (nSPS) is 16.2. The molecule has 0 aromatic heterocycles. The second-order valence-electron chi connectivity index (χ2n) is 4.51. The van der Waals surface area contributed by atoms with Crippen molar-refractivity contribution in [1.29, 1.82) is 0 Å². The van der Waals surface area contributed by atoms with Gasteiger partial charge in [-0.1, -0.05) is 37.8 Å². The molecule has 0 amide bonds. The van der Waals surface area contributed by atoms with Gasteiger partial charge in [-0.25, -0.2) is 0 Å². The lowest BCUT2D eigenvalue weighted by molar-refractivity contribution is 0.326. The maximum absolute atomic E-state index is 4.28. The first kappa shape index (κ1) is 11.3. The molecular formula is C15H21N. The van der Waals surface area contributed by atoms with Crippen molar-refractivity contribution in [2.24, 2.45) is 0 Å². The Balaban J connectivity index is 2.19. The molecule has 0 N–H and O–H groups in total. The lowest BCUT2D eigenvalue weighted by Gasteiger charge is -2.31. The van der Waals surface area contributed by atoms with Crippen LogP contribution in [-0.4, -0.2) is 18.0 Å². The molecule has 1 nitrogen and oxygen atoms in total. The van der Waals surface area contributed by atoms with E-state index in [1.165, 1.54) is 49.2 Å². The Morgan fingerprint density at radius 1 is 1.19 bits per heavy atom. The van der Waals surface area contributed by atoms with Crippen molar-refractivity contribution >= 4 is 5.70 Å². The Labute approximate surface area is 98.8 Å². The molecule has 0 spiro atoms. The van der Waals surface area contributed by atoms with E-state index < -0.39 is 0 Å². The summed E-state index contributed by atoms with van der Waals surface area (Å²) in [5, 5.41) is 0. The Hall–Kier alpha value is -1.24. The monoisotopic (exact) mass is 215 g/mol. The number of aryl methyl sites for hydroxylation is 1. The van der Waals surface area contributed by atoms with Gasteiger partial charge in [0.05, 0.1) is 0 Å². The Morgan fingerprint density at radius 3 is 2.56 bits per heavy atom. The van der Waals surface area contributed by atoms with E-state index in [1.807, 2.05) is 0 Å². The van der Waals surface area contributed by atoms with Gasteiger partial charge in [0, 0.05) is 24.4 Å². The molecule has 1 heterocycles. The van der Waals surface area contributed by atoms with Gasteiger partial charge in [0.15, 0.2) is 0 Å².